The summed E-state index contributed by atoms with van der Waals surface area (Å²) in [5, 5.41) is 9.95. The number of halogens is 1. The second-order valence-corrected chi connectivity index (χ2v) is 4.25. The van der Waals surface area contributed by atoms with Crippen molar-refractivity contribution in [3.8, 4) is 0 Å². The summed E-state index contributed by atoms with van der Waals surface area (Å²) < 4.78 is 2.83. The first-order valence-electron chi connectivity index (χ1n) is 4.65. The minimum Gasteiger partial charge on any atom is -0.387 e. The molecule has 0 aliphatic rings. The van der Waals surface area contributed by atoms with Gasteiger partial charge in [-0.3, -0.25) is 0 Å². The monoisotopic (exact) mass is 266 g/mol. The molecule has 0 saturated heterocycles. The van der Waals surface area contributed by atoms with Crippen molar-refractivity contribution in [2.45, 2.75) is 12.6 Å². The van der Waals surface area contributed by atoms with Gasteiger partial charge in [-0.25, -0.2) is 4.98 Å². The van der Waals surface area contributed by atoms with Gasteiger partial charge in [0.15, 0.2) is 0 Å². The molecule has 2 aromatic rings. The number of aliphatic hydroxyl groups excluding tert-OH is 1. The summed E-state index contributed by atoms with van der Waals surface area (Å²) >= 11 is 3.38. The van der Waals surface area contributed by atoms with Crippen molar-refractivity contribution in [3.63, 3.8) is 0 Å². The van der Waals surface area contributed by atoms with E-state index in [1.165, 1.54) is 0 Å². The van der Waals surface area contributed by atoms with E-state index < -0.39 is 6.10 Å². The number of benzene rings is 1. The van der Waals surface area contributed by atoms with E-state index in [1.807, 2.05) is 35.0 Å². The molecule has 1 unspecified atom stereocenters. The SMILES string of the molecule is OC(Cn1ccnc1)c1cccc(Br)c1. The molecular weight excluding hydrogens is 256 g/mol. The third kappa shape index (κ3) is 2.67. The van der Waals surface area contributed by atoms with Crippen molar-refractivity contribution < 1.29 is 5.11 Å². The summed E-state index contributed by atoms with van der Waals surface area (Å²) in [6.07, 6.45) is 4.73. The van der Waals surface area contributed by atoms with Crippen molar-refractivity contribution in [3.05, 3.63) is 53.0 Å². The van der Waals surface area contributed by atoms with Crippen LogP contribution in [-0.2, 0) is 6.54 Å². The minimum atomic E-state index is -0.503. The lowest BCUT2D eigenvalue weighted by Crippen LogP contribution is -2.06. The Morgan fingerprint density at radius 1 is 1.47 bits per heavy atom. The normalized spacial score (nSPS) is 12.7. The molecule has 2 rings (SSSR count). The first kappa shape index (κ1) is 10.4. The molecule has 1 heterocycles. The van der Waals surface area contributed by atoms with Gasteiger partial charge in [0.25, 0.3) is 0 Å². The number of aliphatic hydroxyl groups is 1. The maximum absolute atomic E-state index is 9.95. The third-order valence-corrected chi connectivity index (χ3v) is 2.67. The van der Waals surface area contributed by atoms with E-state index in [0.717, 1.165) is 10.0 Å². The highest BCUT2D eigenvalue weighted by Crippen LogP contribution is 2.19. The molecule has 0 radical (unpaired) electrons. The highest BCUT2D eigenvalue weighted by Gasteiger charge is 2.07. The minimum absolute atomic E-state index is 0.503. The van der Waals surface area contributed by atoms with Crippen molar-refractivity contribution in [1.82, 2.24) is 9.55 Å². The number of imidazole rings is 1. The Labute approximate surface area is 96.5 Å². The maximum Gasteiger partial charge on any atom is 0.0969 e. The van der Waals surface area contributed by atoms with Crippen LogP contribution in [0.2, 0.25) is 0 Å². The summed E-state index contributed by atoms with van der Waals surface area (Å²) in [5.41, 5.74) is 0.901. The van der Waals surface area contributed by atoms with Gasteiger partial charge in [0, 0.05) is 16.9 Å². The van der Waals surface area contributed by atoms with Gasteiger partial charge in [-0.1, -0.05) is 28.1 Å². The van der Waals surface area contributed by atoms with Crippen LogP contribution in [0.3, 0.4) is 0 Å². The lowest BCUT2D eigenvalue weighted by molar-refractivity contribution is 0.156. The summed E-state index contributed by atoms with van der Waals surface area (Å²) in [4.78, 5) is 3.93. The van der Waals surface area contributed by atoms with E-state index in [9.17, 15) is 5.11 Å². The largest absolute Gasteiger partial charge is 0.387 e. The van der Waals surface area contributed by atoms with Crippen LogP contribution in [0.5, 0.6) is 0 Å². The molecule has 0 aliphatic heterocycles. The second kappa shape index (κ2) is 4.59. The fraction of sp³-hybridized carbons (Fsp3) is 0.182. The molecule has 0 bridgehead atoms. The number of rotatable bonds is 3. The van der Waals surface area contributed by atoms with Crippen molar-refractivity contribution in [1.29, 1.82) is 0 Å². The smallest absolute Gasteiger partial charge is 0.0969 e. The molecule has 0 aliphatic carbocycles. The summed E-state index contributed by atoms with van der Waals surface area (Å²) in [6.45, 7) is 0.524. The zero-order valence-corrected chi connectivity index (χ0v) is 9.63. The lowest BCUT2D eigenvalue weighted by atomic mass is 10.1. The molecule has 15 heavy (non-hydrogen) atoms. The Balaban J connectivity index is 2.11. The Morgan fingerprint density at radius 3 is 3.00 bits per heavy atom. The van der Waals surface area contributed by atoms with E-state index in [4.69, 9.17) is 0 Å². The molecule has 1 N–H and O–H groups in total. The van der Waals surface area contributed by atoms with E-state index >= 15 is 0 Å². The summed E-state index contributed by atoms with van der Waals surface area (Å²) in [7, 11) is 0. The molecule has 0 saturated carbocycles. The average Bonchev–Trinajstić information content (AvgIpc) is 2.70. The van der Waals surface area contributed by atoms with Crippen LogP contribution >= 0.6 is 15.9 Å². The van der Waals surface area contributed by atoms with Crippen molar-refractivity contribution >= 4 is 15.9 Å². The molecule has 0 spiro atoms. The second-order valence-electron chi connectivity index (χ2n) is 3.33. The van der Waals surface area contributed by atoms with Gasteiger partial charge >= 0.3 is 0 Å². The summed E-state index contributed by atoms with van der Waals surface area (Å²) in [6, 6.07) is 7.68. The highest BCUT2D eigenvalue weighted by molar-refractivity contribution is 9.10. The third-order valence-electron chi connectivity index (χ3n) is 2.18. The van der Waals surface area contributed by atoms with E-state index in [1.54, 1.807) is 12.5 Å². The topological polar surface area (TPSA) is 38.0 Å². The van der Waals surface area contributed by atoms with Gasteiger partial charge < -0.3 is 9.67 Å². The highest BCUT2D eigenvalue weighted by atomic mass is 79.9. The van der Waals surface area contributed by atoms with Crippen LogP contribution in [0.15, 0.2) is 47.5 Å². The zero-order valence-electron chi connectivity index (χ0n) is 8.05. The first-order chi connectivity index (χ1) is 7.25. The average molecular weight is 267 g/mol. The molecule has 1 aromatic carbocycles. The zero-order chi connectivity index (χ0) is 10.7. The van der Waals surface area contributed by atoms with Gasteiger partial charge in [-0.2, -0.15) is 0 Å². The number of hydrogen-bond donors (Lipinski definition) is 1. The molecule has 78 valence electrons. The standard InChI is InChI=1S/C11H11BrN2O/c12-10-3-1-2-9(6-10)11(15)7-14-5-4-13-8-14/h1-6,8,11,15H,7H2. The Kier molecular flexibility index (Phi) is 3.18. The molecular formula is C11H11BrN2O. The molecule has 3 nitrogen and oxygen atoms in total. The Bertz CT molecular complexity index is 428. The van der Waals surface area contributed by atoms with Crippen LogP contribution in [0.4, 0.5) is 0 Å². The maximum atomic E-state index is 9.95. The number of hydrogen-bond acceptors (Lipinski definition) is 2. The predicted octanol–water partition coefficient (Wildman–Crippen LogP) is 2.38. The van der Waals surface area contributed by atoms with E-state index in [-0.39, 0.29) is 0 Å². The van der Waals surface area contributed by atoms with Gasteiger partial charge in [-0.05, 0) is 17.7 Å². The molecule has 1 atom stereocenters. The van der Waals surface area contributed by atoms with Gasteiger partial charge in [0.2, 0.25) is 0 Å². The molecule has 1 aromatic heterocycles. The van der Waals surface area contributed by atoms with E-state index in [0.29, 0.717) is 6.54 Å². The van der Waals surface area contributed by atoms with Gasteiger partial charge in [-0.15, -0.1) is 0 Å². The van der Waals surface area contributed by atoms with Gasteiger partial charge in [0.1, 0.15) is 0 Å². The Morgan fingerprint density at radius 2 is 2.33 bits per heavy atom. The number of nitrogens with zero attached hydrogens (tertiary/aromatic N) is 2. The van der Waals surface area contributed by atoms with Crippen LogP contribution in [0.25, 0.3) is 0 Å². The predicted molar refractivity (Wildman–Crippen MR) is 61.3 cm³/mol. The van der Waals surface area contributed by atoms with E-state index in [2.05, 4.69) is 20.9 Å². The summed E-state index contributed by atoms with van der Waals surface area (Å²) in [5.74, 6) is 0. The fourth-order valence-corrected chi connectivity index (χ4v) is 1.83. The first-order valence-corrected chi connectivity index (χ1v) is 5.44. The molecule has 0 fully saturated rings. The van der Waals surface area contributed by atoms with Crippen LogP contribution in [0.1, 0.15) is 11.7 Å². The molecule has 0 amide bonds. The van der Waals surface area contributed by atoms with Crippen LogP contribution in [0, 0.1) is 0 Å². The number of aromatic nitrogens is 2. The van der Waals surface area contributed by atoms with Crippen LogP contribution in [-0.4, -0.2) is 14.7 Å². The van der Waals surface area contributed by atoms with Gasteiger partial charge in [0.05, 0.1) is 19.0 Å². The van der Waals surface area contributed by atoms with Crippen LogP contribution < -0.4 is 0 Å². The van der Waals surface area contributed by atoms with Crippen molar-refractivity contribution in [2.24, 2.45) is 0 Å². The Hall–Kier alpha value is -1.13. The fourth-order valence-electron chi connectivity index (χ4n) is 1.41. The van der Waals surface area contributed by atoms with Crippen molar-refractivity contribution in [2.75, 3.05) is 0 Å². The molecule has 4 heteroatoms. The quantitative estimate of drug-likeness (QED) is 0.927. The lowest BCUT2D eigenvalue weighted by Gasteiger charge is -2.11.